The van der Waals surface area contributed by atoms with Crippen molar-refractivity contribution in [1.29, 1.82) is 0 Å². The highest BCUT2D eigenvalue weighted by molar-refractivity contribution is 5.92. The van der Waals surface area contributed by atoms with Crippen molar-refractivity contribution >= 4 is 29.4 Å². The van der Waals surface area contributed by atoms with Crippen LogP contribution in [-0.4, -0.2) is 18.2 Å². The van der Waals surface area contributed by atoms with E-state index in [2.05, 4.69) is 17.1 Å². The van der Waals surface area contributed by atoms with Crippen LogP contribution in [0.5, 0.6) is 11.5 Å². The van der Waals surface area contributed by atoms with Gasteiger partial charge in [0.05, 0.1) is 16.8 Å². The third-order valence-corrected chi connectivity index (χ3v) is 5.77. The van der Waals surface area contributed by atoms with Crippen molar-refractivity contribution in [3.63, 3.8) is 0 Å². The summed E-state index contributed by atoms with van der Waals surface area (Å²) in [4.78, 5) is 29.1. The molecule has 1 aliphatic rings. The first-order valence-corrected chi connectivity index (χ1v) is 11.8. The predicted octanol–water partition coefficient (Wildman–Crippen LogP) is 7.22. The summed E-state index contributed by atoms with van der Waals surface area (Å²) in [6.45, 7) is 0. The fourth-order valence-corrected chi connectivity index (χ4v) is 3.76. The first-order chi connectivity index (χ1) is 18.1. The van der Waals surface area contributed by atoms with Gasteiger partial charge in [0.2, 0.25) is 0 Å². The van der Waals surface area contributed by atoms with Gasteiger partial charge in [-0.05, 0) is 95.9 Å². The first-order valence-electron chi connectivity index (χ1n) is 11.8. The molecule has 5 nitrogen and oxygen atoms in total. The van der Waals surface area contributed by atoms with E-state index in [1.807, 2.05) is 36.4 Å². The number of benzene rings is 4. The van der Waals surface area contributed by atoms with E-state index >= 15 is 0 Å². The molecule has 0 fully saturated rings. The Morgan fingerprint density at radius 3 is 1.86 bits per heavy atom. The van der Waals surface area contributed by atoms with Crippen LogP contribution in [0.15, 0.2) is 126 Å². The molecule has 0 unspecified atom stereocenters. The predicted molar refractivity (Wildman–Crippen MR) is 145 cm³/mol. The fourth-order valence-electron chi connectivity index (χ4n) is 3.76. The Kier molecular flexibility index (Phi) is 7.14. The molecule has 0 amide bonds. The summed E-state index contributed by atoms with van der Waals surface area (Å²) in [5, 5.41) is 0. The van der Waals surface area contributed by atoms with Crippen molar-refractivity contribution in [2.24, 2.45) is 4.99 Å². The Labute approximate surface area is 215 Å². The highest BCUT2D eigenvalue weighted by Crippen LogP contribution is 2.24. The van der Waals surface area contributed by atoms with Crippen LogP contribution in [0.2, 0.25) is 0 Å². The lowest BCUT2D eigenvalue weighted by Gasteiger charge is -2.06. The van der Waals surface area contributed by atoms with Gasteiger partial charge in [0.1, 0.15) is 11.5 Å². The number of rotatable bonds is 7. The summed E-state index contributed by atoms with van der Waals surface area (Å²) in [7, 11) is 0. The number of allylic oxidation sites excluding steroid dienone is 4. The minimum absolute atomic E-state index is 0.404. The van der Waals surface area contributed by atoms with Gasteiger partial charge in [0.15, 0.2) is 0 Å². The zero-order chi connectivity index (χ0) is 25.5. The monoisotopic (exact) mass is 485 g/mol. The normalized spacial score (nSPS) is 12.4. The van der Waals surface area contributed by atoms with Crippen LogP contribution in [0.3, 0.4) is 0 Å². The van der Waals surface area contributed by atoms with Gasteiger partial charge in [-0.2, -0.15) is 0 Å². The summed E-state index contributed by atoms with van der Waals surface area (Å²) < 4.78 is 10.9. The minimum Gasteiger partial charge on any atom is -0.423 e. The fraction of sp³-hybridized carbons (Fsp3) is 0.0312. The Hall–Kier alpha value is -5.03. The standard InChI is InChI=1S/C32H23NO4/c34-31(26-8-2-1-3-9-26)36-29-18-10-23(11-19-29)22-33-28-16-20-30(21-17-28)37-32(35)27-14-12-25(13-15-27)24-6-4-5-7-24/h1-6,8-22H,7H2. The first kappa shape index (κ1) is 23.7. The summed E-state index contributed by atoms with van der Waals surface area (Å²) >= 11 is 0. The average molecular weight is 486 g/mol. The van der Waals surface area contributed by atoms with E-state index in [0.717, 1.165) is 17.5 Å². The maximum Gasteiger partial charge on any atom is 0.343 e. The van der Waals surface area contributed by atoms with E-state index in [4.69, 9.17) is 9.47 Å². The van der Waals surface area contributed by atoms with Crippen molar-refractivity contribution in [2.75, 3.05) is 0 Å². The molecule has 5 rings (SSSR count). The molecule has 0 bridgehead atoms. The lowest BCUT2D eigenvalue weighted by Crippen LogP contribution is -2.08. The Morgan fingerprint density at radius 1 is 0.676 bits per heavy atom. The van der Waals surface area contributed by atoms with E-state index in [-0.39, 0.29) is 0 Å². The van der Waals surface area contributed by atoms with Crippen LogP contribution in [0.25, 0.3) is 5.57 Å². The highest BCUT2D eigenvalue weighted by Gasteiger charge is 2.10. The van der Waals surface area contributed by atoms with Gasteiger partial charge in [-0.1, -0.05) is 48.6 Å². The van der Waals surface area contributed by atoms with Gasteiger partial charge < -0.3 is 9.47 Å². The Balaban J connectivity index is 1.15. The zero-order valence-corrected chi connectivity index (χ0v) is 19.9. The molecule has 1 aliphatic carbocycles. The second-order valence-electron chi connectivity index (χ2n) is 8.37. The van der Waals surface area contributed by atoms with Crippen LogP contribution < -0.4 is 9.47 Å². The number of ether oxygens (including phenoxy) is 2. The zero-order valence-electron chi connectivity index (χ0n) is 19.9. The Morgan fingerprint density at radius 2 is 1.27 bits per heavy atom. The number of carbonyl (C=O) groups excluding carboxylic acids is 2. The number of esters is 2. The van der Waals surface area contributed by atoms with Crippen molar-refractivity contribution < 1.29 is 19.1 Å². The molecule has 4 aromatic rings. The minimum atomic E-state index is -0.408. The van der Waals surface area contributed by atoms with Gasteiger partial charge in [-0.3, -0.25) is 4.99 Å². The van der Waals surface area contributed by atoms with Gasteiger partial charge in [0, 0.05) is 6.21 Å². The average Bonchev–Trinajstić information content (AvgIpc) is 3.49. The quantitative estimate of drug-likeness (QED) is 0.157. The molecule has 37 heavy (non-hydrogen) atoms. The topological polar surface area (TPSA) is 65.0 Å². The Bertz CT molecular complexity index is 1480. The van der Waals surface area contributed by atoms with Crippen LogP contribution in [0, 0.1) is 0 Å². The summed E-state index contributed by atoms with van der Waals surface area (Å²) in [5.41, 5.74) is 4.89. The van der Waals surface area contributed by atoms with Gasteiger partial charge in [-0.25, -0.2) is 9.59 Å². The number of carbonyl (C=O) groups is 2. The molecule has 5 heteroatoms. The smallest absolute Gasteiger partial charge is 0.343 e. The second kappa shape index (κ2) is 11.1. The van der Waals surface area contributed by atoms with E-state index in [1.54, 1.807) is 79.0 Å². The van der Waals surface area contributed by atoms with Crippen molar-refractivity contribution in [2.45, 2.75) is 6.42 Å². The molecule has 4 aromatic carbocycles. The summed E-state index contributed by atoms with van der Waals surface area (Å²) in [6.07, 6.45) is 8.84. The molecule has 0 saturated carbocycles. The third-order valence-electron chi connectivity index (χ3n) is 5.77. The van der Waals surface area contributed by atoms with E-state index in [9.17, 15) is 9.59 Å². The molecular formula is C32H23NO4. The number of nitrogens with zero attached hydrogens (tertiary/aromatic N) is 1. The van der Waals surface area contributed by atoms with Crippen molar-refractivity contribution in [3.8, 4) is 11.5 Å². The molecule has 0 aliphatic heterocycles. The maximum atomic E-state index is 12.5. The molecular weight excluding hydrogens is 462 g/mol. The van der Waals surface area contributed by atoms with Crippen molar-refractivity contribution in [1.82, 2.24) is 0 Å². The lowest BCUT2D eigenvalue weighted by molar-refractivity contribution is 0.0725. The van der Waals surface area contributed by atoms with Crippen LogP contribution in [-0.2, 0) is 0 Å². The molecule has 0 heterocycles. The number of aliphatic imine (C=N–C) groups is 1. The third kappa shape index (κ3) is 6.16. The molecule has 180 valence electrons. The largest absolute Gasteiger partial charge is 0.423 e. The summed E-state index contributed by atoms with van der Waals surface area (Å²) in [6, 6.07) is 30.3. The van der Waals surface area contributed by atoms with Crippen molar-refractivity contribution in [3.05, 3.63) is 144 Å². The highest BCUT2D eigenvalue weighted by atomic mass is 16.5. The van der Waals surface area contributed by atoms with Crippen LogP contribution in [0.4, 0.5) is 5.69 Å². The molecule has 0 spiro atoms. The van der Waals surface area contributed by atoms with Crippen LogP contribution >= 0.6 is 0 Å². The van der Waals surface area contributed by atoms with E-state index in [0.29, 0.717) is 28.3 Å². The number of hydrogen-bond donors (Lipinski definition) is 0. The maximum absolute atomic E-state index is 12.5. The SMILES string of the molecule is O=C(Oc1ccc(C=Nc2ccc(OC(=O)c3ccc(C4=CC=CC4)cc3)cc2)cc1)c1ccccc1. The second-order valence-corrected chi connectivity index (χ2v) is 8.37. The molecule has 0 N–H and O–H groups in total. The number of hydrogen-bond acceptors (Lipinski definition) is 5. The van der Waals surface area contributed by atoms with Gasteiger partial charge in [0.25, 0.3) is 0 Å². The molecule has 0 aromatic heterocycles. The van der Waals surface area contributed by atoms with E-state index < -0.39 is 11.9 Å². The van der Waals surface area contributed by atoms with Gasteiger partial charge >= 0.3 is 11.9 Å². The summed E-state index contributed by atoms with van der Waals surface area (Å²) in [5.74, 6) is 0.0910. The van der Waals surface area contributed by atoms with Gasteiger partial charge in [-0.15, -0.1) is 0 Å². The lowest BCUT2D eigenvalue weighted by atomic mass is 10.0. The molecule has 0 radical (unpaired) electrons. The van der Waals surface area contributed by atoms with E-state index in [1.165, 1.54) is 5.57 Å². The van der Waals surface area contributed by atoms with Crippen LogP contribution in [0.1, 0.15) is 38.3 Å². The molecule has 0 atom stereocenters. The molecule has 0 saturated heterocycles.